The fourth-order valence-electron chi connectivity index (χ4n) is 3.12. The minimum Gasteiger partial charge on any atom is -0.256 e. The van der Waals surface area contributed by atoms with E-state index in [1.165, 1.54) is 27.5 Å². The Morgan fingerprint density at radius 3 is 2.35 bits per heavy atom. The van der Waals surface area contributed by atoms with Crippen LogP contribution in [0.5, 0.6) is 0 Å². The van der Waals surface area contributed by atoms with Gasteiger partial charge in [-0.25, -0.2) is 0 Å². The average molecular weight is 295 g/mol. The molecule has 1 heterocycles. The van der Waals surface area contributed by atoms with E-state index in [2.05, 4.69) is 72.6 Å². The van der Waals surface area contributed by atoms with Crippen LogP contribution in [0.3, 0.4) is 0 Å². The lowest BCUT2D eigenvalue weighted by Gasteiger charge is -2.11. The van der Waals surface area contributed by atoms with Gasteiger partial charge in [0.05, 0.1) is 5.69 Å². The molecule has 1 nitrogen and oxygen atoms in total. The summed E-state index contributed by atoms with van der Waals surface area (Å²) >= 11 is 0. The van der Waals surface area contributed by atoms with Crippen LogP contribution in [-0.4, -0.2) is 4.98 Å². The van der Waals surface area contributed by atoms with Gasteiger partial charge in [0.25, 0.3) is 0 Å². The molecule has 0 saturated heterocycles. The van der Waals surface area contributed by atoms with E-state index in [4.69, 9.17) is 0 Å². The first kappa shape index (κ1) is 13.7. The maximum absolute atomic E-state index is 4.44. The van der Waals surface area contributed by atoms with Crippen LogP contribution in [0.25, 0.3) is 33.2 Å². The zero-order chi connectivity index (χ0) is 15.6. The third kappa shape index (κ3) is 2.51. The highest BCUT2D eigenvalue weighted by atomic mass is 14.7. The Hall–Kier alpha value is -2.93. The smallest absolute Gasteiger partial charge is 0.0702 e. The van der Waals surface area contributed by atoms with E-state index in [0.29, 0.717) is 0 Å². The van der Waals surface area contributed by atoms with Gasteiger partial charge in [-0.15, -0.1) is 0 Å². The van der Waals surface area contributed by atoms with Gasteiger partial charge in [-0.05, 0) is 52.6 Å². The number of aryl methyl sites for hydroxylation is 1. The van der Waals surface area contributed by atoms with E-state index in [9.17, 15) is 0 Å². The summed E-state index contributed by atoms with van der Waals surface area (Å²) in [4.78, 5) is 4.44. The Morgan fingerprint density at radius 1 is 0.696 bits per heavy atom. The van der Waals surface area contributed by atoms with Crippen molar-refractivity contribution in [1.82, 2.24) is 4.98 Å². The van der Waals surface area contributed by atoms with E-state index in [-0.39, 0.29) is 0 Å². The van der Waals surface area contributed by atoms with Crippen LogP contribution in [0.15, 0.2) is 85.1 Å². The van der Waals surface area contributed by atoms with Crippen LogP contribution in [-0.2, 0) is 0 Å². The summed E-state index contributed by atoms with van der Waals surface area (Å²) < 4.78 is 0. The first-order chi connectivity index (χ1) is 11.3. The van der Waals surface area contributed by atoms with Gasteiger partial charge in [-0.3, -0.25) is 4.98 Å². The summed E-state index contributed by atoms with van der Waals surface area (Å²) in [6, 6.07) is 27.6. The molecule has 3 aromatic carbocycles. The maximum Gasteiger partial charge on any atom is 0.0702 e. The van der Waals surface area contributed by atoms with Crippen molar-refractivity contribution in [3.8, 4) is 22.4 Å². The second-order valence-corrected chi connectivity index (χ2v) is 5.77. The number of pyridine rings is 1. The summed E-state index contributed by atoms with van der Waals surface area (Å²) in [5.41, 5.74) is 6.01. The monoisotopic (exact) mass is 295 g/mol. The molecule has 4 aromatic rings. The highest BCUT2D eigenvalue weighted by Gasteiger charge is 2.08. The molecule has 4 rings (SSSR count). The normalized spacial score (nSPS) is 10.8. The molecular formula is C22H17N. The minimum absolute atomic E-state index is 1.01. The quantitative estimate of drug-likeness (QED) is 0.450. The molecule has 1 heteroatoms. The van der Waals surface area contributed by atoms with Gasteiger partial charge in [0, 0.05) is 11.8 Å². The van der Waals surface area contributed by atoms with Gasteiger partial charge in [-0.1, -0.05) is 60.7 Å². The first-order valence-electron chi connectivity index (χ1n) is 7.83. The number of fused-ring (bicyclic) bond motifs is 1. The molecule has 110 valence electrons. The largest absolute Gasteiger partial charge is 0.256 e. The van der Waals surface area contributed by atoms with Crippen LogP contribution >= 0.6 is 0 Å². The van der Waals surface area contributed by atoms with Crippen molar-refractivity contribution in [2.75, 3.05) is 0 Å². The Morgan fingerprint density at radius 2 is 1.52 bits per heavy atom. The molecule has 0 aliphatic carbocycles. The molecule has 0 fully saturated rings. The van der Waals surface area contributed by atoms with Gasteiger partial charge in [-0.2, -0.15) is 0 Å². The summed E-state index contributed by atoms with van der Waals surface area (Å²) in [5.74, 6) is 0. The molecule has 0 saturated carbocycles. The van der Waals surface area contributed by atoms with Crippen LogP contribution in [0.4, 0.5) is 0 Å². The molecule has 0 aliphatic rings. The van der Waals surface area contributed by atoms with Gasteiger partial charge >= 0.3 is 0 Å². The molecule has 0 spiro atoms. The van der Waals surface area contributed by atoms with E-state index >= 15 is 0 Å². The van der Waals surface area contributed by atoms with Crippen molar-refractivity contribution in [2.45, 2.75) is 6.92 Å². The standard InChI is InChI=1S/C22H17N/c1-16-15-18(22-11-4-5-14-23-22)12-13-19(16)21-10-6-8-17-7-2-3-9-20(17)21/h2-15H,1H3. The third-order valence-corrected chi connectivity index (χ3v) is 4.27. The fraction of sp³-hybridized carbons (Fsp3) is 0.0455. The Balaban J connectivity index is 1.87. The number of aromatic nitrogens is 1. The predicted molar refractivity (Wildman–Crippen MR) is 97.4 cm³/mol. The number of hydrogen-bond donors (Lipinski definition) is 0. The lowest BCUT2D eigenvalue weighted by atomic mass is 9.93. The van der Waals surface area contributed by atoms with Crippen molar-refractivity contribution in [3.05, 3.63) is 90.6 Å². The van der Waals surface area contributed by atoms with Crippen molar-refractivity contribution >= 4 is 10.8 Å². The van der Waals surface area contributed by atoms with Gasteiger partial charge < -0.3 is 0 Å². The summed E-state index contributed by atoms with van der Waals surface area (Å²) in [7, 11) is 0. The Kier molecular flexibility index (Phi) is 3.39. The fourth-order valence-corrected chi connectivity index (χ4v) is 3.12. The molecule has 0 bridgehead atoms. The number of nitrogens with zero attached hydrogens (tertiary/aromatic N) is 1. The Bertz CT molecular complexity index is 966. The summed E-state index contributed by atoms with van der Waals surface area (Å²) in [6.07, 6.45) is 1.84. The van der Waals surface area contributed by atoms with Crippen LogP contribution < -0.4 is 0 Å². The van der Waals surface area contributed by atoms with Gasteiger partial charge in [0.2, 0.25) is 0 Å². The molecule has 0 N–H and O–H groups in total. The molecular weight excluding hydrogens is 278 g/mol. The minimum atomic E-state index is 1.01. The van der Waals surface area contributed by atoms with Crippen molar-refractivity contribution < 1.29 is 0 Å². The van der Waals surface area contributed by atoms with Crippen molar-refractivity contribution in [3.63, 3.8) is 0 Å². The predicted octanol–water partition coefficient (Wildman–Crippen LogP) is 5.88. The second-order valence-electron chi connectivity index (χ2n) is 5.77. The van der Waals surface area contributed by atoms with E-state index in [0.717, 1.165) is 11.3 Å². The Labute approximate surface area is 136 Å². The van der Waals surface area contributed by atoms with E-state index in [1.807, 2.05) is 24.4 Å². The van der Waals surface area contributed by atoms with Crippen LogP contribution in [0.2, 0.25) is 0 Å². The molecule has 23 heavy (non-hydrogen) atoms. The summed E-state index contributed by atoms with van der Waals surface area (Å²) in [5, 5.41) is 2.57. The third-order valence-electron chi connectivity index (χ3n) is 4.27. The van der Waals surface area contributed by atoms with E-state index < -0.39 is 0 Å². The lowest BCUT2D eigenvalue weighted by molar-refractivity contribution is 1.32. The number of hydrogen-bond acceptors (Lipinski definition) is 1. The van der Waals surface area contributed by atoms with Crippen LogP contribution in [0, 0.1) is 6.92 Å². The van der Waals surface area contributed by atoms with Crippen LogP contribution in [0.1, 0.15) is 5.56 Å². The van der Waals surface area contributed by atoms with Gasteiger partial charge in [0.1, 0.15) is 0 Å². The molecule has 0 atom stereocenters. The summed E-state index contributed by atoms with van der Waals surface area (Å²) in [6.45, 7) is 2.17. The molecule has 0 radical (unpaired) electrons. The lowest BCUT2D eigenvalue weighted by Crippen LogP contribution is -1.88. The maximum atomic E-state index is 4.44. The zero-order valence-electron chi connectivity index (χ0n) is 13.0. The van der Waals surface area contributed by atoms with Crippen molar-refractivity contribution in [1.29, 1.82) is 0 Å². The number of rotatable bonds is 2. The average Bonchev–Trinajstić information content (AvgIpc) is 2.62. The van der Waals surface area contributed by atoms with E-state index in [1.54, 1.807) is 0 Å². The first-order valence-corrected chi connectivity index (χ1v) is 7.83. The van der Waals surface area contributed by atoms with Gasteiger partial charge in [0.15, 0.2) is 0 Å². The molecule has 1 aromatic heterocycles. The highest BCUT2D eigenvalue weighted by Crippen LogP contribution is 2.32. The SMILES string of the molecule is Cc1cc(-c2ccccn2)ccc1-c1cccc2ccccc12. The molecule has 0 unspecified atom stereocenters. The van der Waals surface area contributed by atoms with Crippen molar-refractivity contribution in [2.24, 2.45) is 0 Å². The highest BCUT2D eigenvalue weighted by molar-refractivity contribution is 5.97. The second kappa shape index (κ2) is 5.69. The molecule has 0 aliphatic heterocycles. The zero-order valence-corrected chi connectivity index (χ0v) is 13.0. The number of benzene rings is 3. The topological polar surface area (TPSA) is 12.9 Å². The molecule has 0 amide bonds.